The normalized spacial score (nSPS) is 26.8. The van der Waals surface area contributed by atoms with E-state index >= 15 is 0 Å². The zero-order chi connectivity index (χ0) is 12.3. The number of likely N-dealkylation sites (tertiary alicyclic amines) is 1. The molecule has 4 nitrogen and oxygen atoms in total. The molecular formula is C13H23NO3. The van der Waals surface area contributed by atoms with Crippen molar-refractivity contribution in [1.29, 1.82) is 0 Å². The van der Waals surface area contributed by atoms with Crippen LogP contribution in [0.2, 0.25) is 0 Å². The summed E-state index contributed by atoms with van der Waals surface area (Å²) in [6, 6.07) is 0.137. The first kappa shape index (κ1) is 12.8. The van der Waals surface area contributed by atoms with E-state index in [-0.39, 0.29) is 18.2 Å². The number of amides is 1. The molecule has 98 valence electrons. The molecule has 2 saturated heterocycles. The van der Waals surface area contributed by atoms with Crippen LogP contribution >= 0.6 is 0 Å². The van der Waals surface area contributed by atoms with Gasteiger partial charge in [-0.2, -0.15) is 0 Å². The molecule has 0 aromatic rings. The van der Waals surface area contributed by atoms with Gasteiger partial charge >= 0.3 is 0 Å². The molecule has 2 rings (SSSR count). The van der Waals surface area contributed by atoms with Crippen LogP contribution in [-0.2, 0) is 14.3 Å². The molecule has 1 unspecified atom stereocenters. The van der Waals surface area contributed by atoms with E-state index in [0.717, 1.165) is 19.4 Å². The molecule has 0 bridgehead atoms. The zero-order valence-electron chi connectivity index (χ0n) is 10.9. The van der Waals surface area contributed by atoms with Crippen LogP contribution in [0, 0.1) is 5.92 Å². The Morgan fingerprint density at radius 1 is 1.29 bits per heavy atom. The van der Waals surface area contributed by atoms with Crippen molar-refractivity contribution in [2.45, 2.75) is 51.9 Å². The fourth-order valence-electron chi connectivity index (χ4n) is 2.62. The minimum atomic E-state index is -0.189. The van der Waals surface area contributed by atoms with Gasteiger partial charge in [0.2, 0.25) is 5.91 Å². The summed E-state index contributed by atoms with van der Waals surface area (Å²) in [5, 5.41) is 0. The average molecular weight is 241 g/mol. The van der Waals surface area contributed by atoms with Crippen molar-refractivity contribution in [3.8, 4) is 0 Å². The molecule has 0 spiro atoms. The molecule has 2 fully saturated rings. The number of rotatable bonds is 3. The first-order valence-electron chi connectivity index (χ1n) is 6.71. The van der Waals surface area contributed by atoms with Crippen molar-refractivity contribution in [2.75, 3.05) is 19.8 Å². The predicted octanol–water partition coefficient (Wildman–Crippen LogP) is 1.79. The number of piperidine rings is 1. The lowest BCUT2D eigenvalue weighted by molar-refractivity contribution is -0.151. The van der Waals surface area contributed by atoms with Crippen molar-refractivity contribution in [1.82, 2.24) is 4.90 Å². The molecule has 0 radical (unpaired) electrons. The van der Waals surface area contributed by atoms with Crippen molar-refractivity contribution in [3.05, 3.63) is 0 Å². The monoisotopic (exact) mass is 241 g/mol. The van der Waals surface area contributed by atoms with Crippen LogP contribution in [0.15, 0.2) is 0 Å². The maximum Gasteiger partial charge on any atom is 0.223 e. The zero-order valence-corrected chi connectivity index (χ0v) is 10.9. The molecule has 4 heteroatoms. The van der Waals surface area contributed by atoms with E-state index < -0.39 is 0 Å². The second-order valence-electron chi connectivity index (χ2n) is 5.36. The van der Waals surface area contributed by atoms with E-state index in [0.29, 0.717) is 25.6 Å². The molecule has 0 aliphatic carbocycles. The summed E-state index contributed by atoms with van der Waals surface area (Å²) in [6.45, 7) is 6.35. The van der Waals surface area contributed by atoms with Gasteiger partial charge in [0.15, 0.2) is 6.29 Å². The Morgan fingerprint density at radius 2 is 2.00 bits per heavy atom. The maximum atomic E-state index is 12.2. The fourth-order valence-corrected chi connectivity index (χ4v) is 2.62. The van der Waals surface area contributed by atoms with Gasteiger partial charge in [0.1, 0.15) is 0 Å². The highest BCUT2D eigenvalue weighted by Crippen LogP contribution is 2.25. The topological polar surface area (TPSA) is 38.8 Å². The maximum absolute atomic E-state index is 12.2. The number of carbonyl (C=O) groups excluding carboxylic acids is 1. The molecule has 0 saturated carbocycles. The Labute approximate surface area is 103 Å². The van der Waals surface area contributed by atoms with Gasteiger partial charge in [-0.3, -0.25) is 4.79 Å². The third-order valence-electron chi connectivity index (χ3n) is 3.41. The van der Waals surface area contributed by atoms with Crippen LogP contribution in [0.25, 0.3) is 0 Å². The van der Waals surface area contributed by atoms with Gasteiger partial charge in [0.05, 0.1) is 19.3 Å². The van der Waals surface area contributed by atoms with Crippen LogP contribution < -0.4 is 0 Å². The number of hydrogen-bond donors (Lipinski definition) is 0. The van der Waals surface area contributed by atoms with Crippen LogP contribution in [0.4, 0.5) is 0 Å². The molecule has 17 heavy (non-hydrogen) atoms. The minimum absolute atomic E-state index is 0.137. The summed E-state index contributed by atoms with van der Waals surface area (Å²) < 4.78 is 11.1. The van der Waals surface area contributed by atoms with Gasteiger partial charge < -0.3 is 14.4 Å². The Kier molecular flexibility index (Phi) is 4.40. The van der Waals surface area contributed by atoms with Gasteiger partial charge in [0, 0.05) is 13.0 Å². The molecule has 0 aromatic carbocycles. The Morgan fingerprint density at radius 3 is 2.65 bits per heavy atom. The highest BCUT2D eigenvalue weighted by atomic mass is 16.7. The van der Waals surface area contributed by atoms with Crippen molar-refractivity contribution in [3.63, 3.8) is 0 Å². The lowest BCUT2D eigenvalue weighted by Crippen LogP contribution is -2.50. The van der Waals surface area contributed by atoms with E-state index in [1.807, 2.05) is 4.90 Å². The summed E-state index contributed by atoms with van der Waals surface area (Å²) in [7, 11) is 0. The summed E-state index contributed by atoms with van der Waals surface area (Å²) in [4.78, 5) is 14.2. The van der Waals surface area contributed by atoms with Crippen molar-refractivity contribution in [2.24, 2.45) is 5.92 Å². The Balaban J connectivity index is 1.98. The summed E-state index contributed by atoms with van der Waals surface area (Å²) in [5.41, 5.74) is 0. The molecule has 0 aromatic heterocycles. The van der Waals surface area contributed by atoms with E-state index in [1.165, 1.54) is 6.42 Å². The van der Waals surface area contributed by atoms with Gasteiger partial charge in [-0.15, -0.1) is 0 Å². The molecule has 2 aliphatic heterocycles. The SMILES string of the molecule is CC(C)CC(=O)N1CCCCC1C1OCCO1. The van der Waals surface area contributed by atoms with E-state index in [9.17, 15) is 4.79 Å². The summed E-state index contributed by atoms with van der Waals surface area (Å²) in [6.07, 6.45) is 3.72. The first-order valence-corrected chi connectivity index (χ1v) is 6.71. The number of nitrogens with zero attached hydrogens (tertiary/aromatic N) is 1. The quantitative estimate of drug-likeness (QED) is 0.756. The van der Waals surface area contributed by atoms with Crippen molar-refractivity contribution >= 4 is 5.91 Å². The second-order valence-corrected chi connectivity index (χ2v) is 5.36. The van der Waals surface area contributed by atoms with Crippen LogP contribution in [-0.4, -0.2) is 42.9 Å². The van der Waals surface area contributed by atoms with Crippen LogP contribution in [0.1, 0.15) is 39.5 Å². The summed E-state index contributed by atoms with van der Waals surface area (Å²) in [5.74, 6) is 0.666. The molecule has 0 N–H and O–H groups in total. The second kappa shape index (κ2) is 5.83. The molecule has 1 amide bonds. The minimum Gasteiger partial charge on any atom is -0.348 e. The Hall–Kier alpha value is -0.610. The van der Waals surface area contributed by atoms with E-state index in [2.05, 4.69) is 13.8 Å². The van der Waals surface area contributed by atoms with E-state index in [1.54, 1.807) is 0 Å². The largest absolute Gasteiger partial charge is 0.348 e. The van der Waals surface area contributed by atoms with Crippen molar-refractivity contribution < 1.29 is 14.3 Å². The van der Waals surface area contributed by atoms with Gasteiger partial charge in [-0.1, -0.05) is 13.8 Å². The van der Waals surface area contributed by atoms with Crippen LogP contribution in [0.5, 0.6) is 0 Å². The highest BCUT2D eigenvalue weighted by Gasteiger charge is 2.35. The third-order valence-corrected chi connectivity index (χ3v) is 3.41. The number of ether oxygens (including phenoxy) is 2. The molecule has 1 atom stereocenters. The predicted molar refractivity (Wildman–Crippen MR) is 64.5 cm³/mol. The standard InChI is InChI=1S/C13H23NO3/c1-10(2)9-12(15)14-6-4-3-5-11(14)13-16-7-8-17-13/h10-11,13H,3-9H2,1-2H3. The van der Waals surface area contributed by atoms with E-state index in [4.69, 9.17) is 9.47 Å². The third kappa shape index (κ3) is 3.19. The lowest BCUT2D eigenvalue weighted by atomic mass is 9.99. The summed E-state index contributed by atoms with van der Waals surface area (Å²) >= 11 is 0. The fraction of sp³-hybridized carbons (Fsp3) is 0.923. The first-order chi connectivity index (χ1) is 8.18. The molecule has 2 aliphatic rings. The average Bonchev–Trinajstić information content (AvgIpc) is 2.81. The smallest absolute Gasteiger partial charge is 0.223 e. The molecule has 2 heterocycles. The van der Waals surface area contributed by atoms with Gasteiger partial charge in [-0.05, 0) is 25.2 Å². The molecular weight excluding hydrogens is 218 g/mol. The number of hydrogen-bond acceptors (Lipinski definition) is 3. The lowest BCUT2D eigenvalue weighted by Gasteiger charge is -2.38. The van der Waals surface area contributed by atoms with Crippen LogP contribution in [0.3, 0.4) is 0 Å². The number of carbonyl (C=O) groups is 1. The highest BCUT2D eigenvalue weighted by molar-refractivity contribution is 5.76. The van der Waals surface area contributed by atoms with Gasteiger partial charge in [0.25, 0.3) is 0 Å². The van der Waals surface area contributed by atoms with Gasteiger partial charge in [-0.25, -0.2) is 0 Å². The Bertz CT molecular complexity index is 261.